The zero-order valence-electron chi connectivity index (χ0n) is 23.5. The topological polar surface area (TPSA) is 26.3 Å². The second-order valence-electron chi connectivity index (χ2n) is 12.1. The molecule has 1 aromatic rings. The summed E-state index contributed by atoms with van der Waals surface area (Å²) in [4.78, 5) is 13.6. The quantitative estimate of drug-likeness (QED) is 0.247. The summed E-state index contributed by atoms with van der Waals surface area (Å²) in [5.41, 5.74) is 4.32. The van der Waals surface area contributed by atoms with Gasteiger partial charge in [0.15, 0.2) is 0 Å². The van der Waals surface area contributed by atoms with Crippen LogP contribution in [0.15, 0.2) is 18.2 Å². The predicted molar refractivity (Wildman–Crippen MR) is 149 cm³/mol. The number of hydrogen-bond donors (Lipinski definition) is 0. The van der Waals surface area contributed by atoms with Crippen LogP contribution in [-0.4, -0.2) is 19.0 Å². The van der Waals surface area contributed by atoms with E-state index < -0.39 is 0 Å². The van der Waals surface area contributed by atoms with Crippen molar-refractivity contribution < 1.29 is 9.53 Å². The van der Waals surface area contributed by atoms with Crippen molar-refractivity contribution in [1.82, 2.24) is 0 Å². The van der Waals surface area contributed by atoms with E-state index in [9.17, 15) is 4.79 Å². The van der Waals surface area contributed by atoms with E-state index in [1.165, 1.54) is 88.2 Å². The fourth-order valence-corrected chi connectivity index (χ4v) is 7.19. The summed E-state index contributed by atoms with van der Waals surface area (Å²) in [7, 11) is 0. The predicted octanol–water partition coefficient (Wildman–Crippen LogP) is 9.36. The molecule has 4 atom stereocenters. The van der Waals surface area contributed by atoms with E-state index in [1.54, 1.807) is 5.56 Å². The molecule has 1 saturated heterocycles. The number of aryl methyl sites for hydroxylation is 2. The Kier molecular flexibility index (Phi) is 12.3. The number of carbonyl (C=O) groups is 1. The molecule has 1 heterocycles. The number of unbranched alkanes of at least 4 members (excludes halogenated alkanes) is 3. The molecule has 0 bridgehead atoms. The molecule has 198 valence electrons. The molecule has 3 rings (SSSR count). The molecule has 2 heteroatoms. The smallest absolute Gasteiger partial charge is 0.136 e. The minimum atomic E-state index is 0.298. The largest absolute Gasteiger partial charge is 0.381 e. The Morgan fingerprint density at radius 1 is 0.914 bits per heavy atom. The highest BCUT2D eigenvalue weighted by Crippen LogP contribution is 2.43. The molecule has 2 aliphatic rings. The molecule has 2 fully saturated rings. The standard InChI is InChI=1S/C33H54O2/c1-5-7-8-9-14-32(31-20-25(3)19-26(4)21-31)29-12-10-13-30(24-29)33(34)23-28(11-6-2)22-27-15-17-35-18-16-27/h19-21,27-30,32H,5-18,22-24H2,1-4H3. The molecule has 1 aromatic carbocycles. The van der Waals surface area contributed by atoms with Gasteiger partial charge >= 0.3 is 0 Å². The number of benzene rings is 1. The van der Waals surface area contributed by atoms with Crippen molar-refractivity contribution in [3.63, 3.8) is 0 Å². The van der Waals surface area contributed by atoms with Crippen LogP contribution in [0.3, 0.4) is 0 Å². The van der Waals surface area contributed by atoms with Gasteiger partial charge in [-0.05, 0) is 88.0 Å². The van der Waals surface area contributed by atoms with Gasteiger partial charge in [0.05, 0.1) is 0 Å². The first-order valence-corrected chi connectivity index (χ1v) is 15.2. The molecular weight excluding hydrogens is 428 g/mol. The number of carbonyl (C=O) groups excluding carboxylic acids is 1. The van der Waals surface area contributed by atoms with Crippen molar-refractivity contribution in [3.8, 4) is 0 Å². The van der Waals surface area contributed by atoms with E-state index >= 15 is 0 Å². The van der Waals surface area contributed by atoms with Crippen molar-refractivity contribution in [3.05, 3.63) is 34.9 Å². The second-order valence-corrected chi connectivity index (χ2v) is 12.1. The third-order valence-corrected chi connectivity index (χ3v) is 8.97. The summed E-state index contributed by atoms with van der Waals surface area (Å²) < 4.78 is 5.58. The van der Waals surface area contributed by atoms with Gasteiger partial charge in [-0.3, -0.25) is 4.79 Å². The lowest BCUT2D eigenvalue weighted by Gasteiger charge is -2.35. The van der Waals surface area contributed by atoms with Crippen LogP contribution in [0.25, 0.3) is 0 Å². The minimum Gasteiger partial charge on any atom is -0.381 e. The van der Waals surface area contributed by atoms with Crippen molar-refractivity contribution in [2.75, 3.05) is 13.2 Å². The Bertz CT molecular complexity index is 727. The van der Waals surface area contributed by atoms with Gasteiger partial charge in [0, 0.05) is 25.6 Å². The van der Waals surface area contributed by atoms with Gasteiger partial charge in [0.25, 0.3) is 0 Å². The van der Waals surface area contributed by atoms with Crippen LogP contribution in [0.5, 0.6) is 0 Å². The number of Topliss-reactive ketones (excluding diaryl/α,β-unsaturated/α-hetero) is 1. The van der Waals surface area contributed by atoms with Gasteiger partial charge < -0.3 is 4.74 Å². The average molecular weight is 483 g/mol. The summed E-state index contributed by atoms with van der Waals surface area (Å²) in [6.07, 6.45) is 18.2. The highest BCUT2D eigenvalue weighted by atomic mass is 16.5. The molecule has 0 radical (unpaired) electrons. The zero-order valence-corrected chi connectivity index (χ0v) is 23.5. The van der Waals surface area contributed by atoms with E-state index in [0.717, 1.165) is 38.4 Å². The van der Waals surface area contributed by atoms with Gasteiger partial charge in [-0.1, -0.05) is 88.1 Å². The Balaban J connectivity index is 1.65. The molecule has 0 amide bonds. The highest BCUT2D eigenvalue weighted by molar-refractivity contribution is 5.81. The summed E-state index contributed by atoms with van der Waals surface area (Å²) in [5.74, 6) is 3.53. The van der Waals surface area contributed by atoms with Gasteiger partial charge in [0.1, 0.15) is 5.78 Å². The van der Waals surface area contributed by atoms with E-state index in [2.05, 4.69) is 45.9 Å². The van der Waals surface area contributed by atoms with Crippen LogP contribution >= 0.6 is 0 Å². The molecule has 2 nitrogen and oxygen atoms in total. The lowest BCUT2D eigenvalue weighted by Crippen LogP contribution is -2.28. The van der Waals surface area contributed by atoms with E-state index in [1.807, 2.05) is 0 Å². The Hall–Kier alpha value is -1.15. The van der Waals surface area contributed by atoms with E-state index in [-0.39, 0.29) is 0 Å². The molecule has 1 aliphatic heterocycles. The molecular formula is C33H54O2. The second kappa shape index (κ2) is 15.2. The highest BCUT2D eigenvalue weighted by Gasteiger charge is 2.33. The van der Waals surface area contributed by atoms with Crippen molar-refractivity contribution in [2.45, 2.75) is 130 Å². The zero-order chi connectivity index (χ0) is 25.0. The molecule has 1 aliphatic carbocycles. The molecule has 0 aromatic heterocycles. The summed E-state index contributed by atoms with van der Waals surface area (Å²) in [5, 5.41) is 0. The summed E-state index contributed by atoms with van der Waals surface area (Å²) in [6.45, 7) is 10.9. The Labute approximate surface area is 217 Å². The average Bonchev–Trinajstić information content (AvgIpc) is 2.84. The van der Waals surface area contributed by atoms with Gasteiger partial charge in [-0.2, -0.15) is 0 Å². The summed E-state index contributed by atoms with van der Waals surface area (Å²) >= 11 is 0. The van der Waals surface area contributed by atoms with Crippen LogP contribution in [0.1, 0.15) is 133 Å². The van der Waals surface area contributed by atoms with Gasteiger partial charge in [0.2, 0.25) is 0 Å². The maximum Gasteiger partial charge on any atom is 0.136 e. The molecule has 0 spiro atoms. The third-order valence-electron chi connectivity index (χ3n) is 8.97. The monoisotopic (exact) mass is 482 g/mol. The fourth-order valence-electron chi connectivity index (χ4n) is 7.19. The lowest BCUT2D eigenvalue weighted by atomic mass is 9.69. The molecule has 4 unspecified atom stereocenters. The number of ketones is 1. The van der Waals surface area contributed by atoms with Gasteiger partial charge in [-0.15, -0.1) is 0 Å². The Morgan fingerprint density at radius 2 is 1.66 bits per heavy atom. The van der Waals surface area contributed by atoms with Crippen LogP contribution in [0, 0.1) is 37.5 Å². The maximum absolute atomic E-state index is 13.6. The normalized spacial score (nSPS) is 23.2. The minimum absolute atomic E-state index is 0.298. The van der Waals surface area contributed by atoms with Crippen LogP contribution in [-0.2, 0) is 9.53 Å². The molecule has 1 saturated carbocycles. The van der Waals surface area contributed by atoms with Crippen LogP contribution in [0.4, 0.5) is 0 Å². The first-order valence-electron chi connectivity index (χ1n) is 15.2. The van der Waals surface area contributed by atoms with Crippen LogP contribution in [0.2, 0.25) is 0 Å². The van der Waals surface area contributed by atoms with E-state index in [4.69, 9.17) is 4.74 Å². The Morgan fingerprint density at radius 3 is 2.34 bits per heavy atom. The first kappa shape index (κ1) is 28.4. The maximum atomic E-state index is 13.6. The fraction of sp³-hybridized carbons (Fsp3) is 0.788. The van der Waals surface area contributed by atoms with Crippen LogP contribution < -0.4 is 0 Å². The van der Waals surface area contributed by atoms with E-state index in [0.29, 0.717) is 29.5 Å². The first-order chi connectivity index (χ1) is 17.0. The SMILES string of the molecule is CCCCCCC(c1cc(C)cc(C)c1)C1CCCC(C(=O)CC(CCC)CC2CCOCC2)C1. The summed E-state index contributed by atoms with van der Waals surface area (Å²) in [6, 6.07) is 7.18. The van der Waals surface area contributed by atoms with Crippen molar-refractivity contribution in [1.29, 1.82) is 0 Å². The molecule has 35 heavy (non-hydrogen) atoms. The molecule has 0 N–H and O–H groups in total. The number of rotatable bonds is 14. The number of ether oxygens (including phenoxy) is 1. The van der Waals surface area contributed by atoms with Gasteiger partial charge in [-0.25, -0.2) is 0 Å². The number of hydrogen-bond acceptors (Lipinski definition) is 2. The van der Waals surface area contributed by atoms with Crippen molar-refractivity contribution >= 4 is 5.78 Å². The lowest BCUT2D eigenvalue weighted by molar-refractivity contribution is -0.125. The third kappa shape index (κ3) is 9.34. The van der Waals surface area contributed by atoms with Crippen molar-refractivity contribution in [2.24, 2.45) is 23.7 Å².